The average Bonchev–Trinajstić information content (AvgIpc) is 2.29. The molecule has 4 nitrogen and oxygen atoms in total. The van der Waals surface area contributed by atoms with Crippen molar-refractivity contribution in [3.8, 4) is 23.7 Å². The highest BCUT2D eigenvalue weighted by atomic mass is 16.5. The summed E-state index contributed by atoms with van der Waals surface area (Å²) in [6.07, 6.45) is 0.194. The summed E-state index contributed by atoms with van der Waals surface area (Å²) in [6.45, 7) is 0.0481. The number of anilines is 1. The van der Waals surface area contributed by atoms with Crippen LogP contribution in [0.5, 0.6) is 5.75 Å². The van der Waals surface area contributed by atoms with Gasteiger partial charge in [0.1, 0.15) is 5.75 Å². The summed E-state index contributed by atoms with van der Waals surface area (Å²) in [5.74, 6) is 6.01. The Morgan fingerprint density at radius 1 is 1.50 bits per heavy atom. The van der Waals surface area contributed by atoms with E-state index in [0.29, 0.717) is 11.4 Å². The summed E-state index contributed by atoms with van der Waals surface area (Å²) in [5.41, 5.74) is 1.37. The van der Waals surface area contributed by atoms with E-state index >= 15 is 0 Å². The molecule has 0 unspecified atom stereocenters. The Labute approximate surface area is 92.8 Å². The van der Waals surface area contributed by atoms with E-state index in [9.17, 15) is 4.79 Å². The summed E-state index contributed by atoms with van der Waals surface area (Å²) in [5, 5.41) is 11.0. The Morgan fingerprint density at radius 3 is 3.19 bits per heavy atom. The Morgan fingerprint density at radius 2 is 2.38 bits per heavy atom. The second kappa shape index (κ2) is 4.37. The van der Waals surface area contributed by atoms with Crippen LogP contribution in [0.1, 0.15) is 12.0 Å². The molecule has 4 heteroatoms. The molecular formula is C12H8N2O2. The van der Waals surface area contributed by atoms with Gasteiger partial charge in [-0.05, 0) is 18.2 Å². The molecule has 0 saturated carbocycles. The molecule has 0 radical (unpaired) electrons. The third-order valence-corrected chi connectivity index (χ3v) is 2.01. The number of hydrogen-bond acceptors (Lipinski definition) is 3. The zero-order chi connectivity index (χ0) is 11.4. The van der Waals surface area contributed by atoms with Gasteiger partial charge in [0, 0.05) is 5.56 Å². The highest BCUT2D eigenvalue weighted by Crippen LogP contribution is 2.27. The van der Waals surface area contributed by atoms with E-state index in [1.165, 1.54) is 0 Å². The number of ether oxygens (including phenoxy) is 1. The Hall–Kier alpha value is -2.46. The molecule has 0 spiro atoms. The van der Waals surface area contributed by atoms with Crippen LogP contribution in [0, 0.1) is 23.2 Å². The lowest BCUT2D eigenvalue weighted by molar-refractivity contribution is -0.118. The predicted molar refractivity (Wildman–Crippen MR) is 57.7 cm³/mol. The van der Waals surface area contributed by atoms with Crippen LogP contribution in [-0.2, 0) is 4.79 Å². The quantitative estimate of drug-likeness (QED) is 0.659. The number of nitriles is 1. The molecule has 16 heavy (non-hydrogen) atoms. The monoisotopic (exact) mass is 212 g/mol. The number of nitrogens with zero attached hydrogens (tertiary/aromatic N) is 1. The second-order valence-corrected chi connectivity index (χ2v) is 3.18. The molecule has 2 rings (SSSR count). The Balaban J connectivity index is 2.26. The van der Waals surface area contributed by atoms with Crippen LogP contribution < -0.4 is 10.1 Å². The highest BCUT2D eigenvalue weighted by molar-refractivity contribution is 5.95. The number of fused-ring (bicyclic) bond motifs is 1. The number of hydrogen-bond donors (Lipinski definition) is 1. The maximum Gasteiger partial charge on any atom is 0.262 e. The van der Waals surface area contributed by atoms with E-state index in [1.807, 2.05) is 6.07 Å². The first-order chi connectivity index (χ1) is 7.79. The molecule has 0 bridgehead atoms. The molecule has 1 amide bonds. The summed E-state index contributed by atoms with van der Waals surface area (Å²) >= 11 is 0. The van der Waals surface area contributed by atoms with E-state index in [4.69, 9.17) is 10.00 Å². The molecule has 78 valence electrons. The van der Waals surface area contributed by atoms with Crippen LogP contribution in [0.4, 0.5) is 5.69 Å². The molecule has 1 aliphatic rings. The zero-order valence-electron chi connectivity index (χ0n) is 8.41. The van der Waals surface area contributed by atoms with Crippen molar-refractivity contribution in [2.75, 3.05) is 11.9 Å². The fraction of sp³-hybridized carbons (Fsp3) is 0.167. The van der Waals surface area contributed by atoms with Gasteiger partial charge in [-0.15, -0.1) is 0 Å². The van der Waals surface area contributed by atoms with Crippen molar-refractivity contribution in [2.24, 2.45) is 0 Å². The van der Waals surface area contributed by atoms with Crippen LogP contribution in [-0.4, -0.2) is 12.5 Å². The first-order valence-electron chi connectivity index (χ1n) is 4.72. The summed E-state index contributed by atoms with van der Waals surface area (Å²) in [6, 6.07) is 7.22. The number of rotatable bonds is 0. The minimum atomic E-state index is -0.172. The molecule has 0 aliphatic carbocycles. The van der Waals surface area contributed by atoms with Crippen LogP contribution in [0.15, 0.2) is 18.2 Å². The number of carbonyl (C=O) groups excluding carboxylic acids is 1. The van der Waals surface area contributed by atoms with E-state index in [0.717, 1.165) is 5.56 Å². The van der Waals surface area contributed by atoms with Gasteiger partial charge in [0.25, 0.3) is 5.91 Å². The minimum absolute atomic E-state index is 0.0481. The molecular weight excluding hydrogens is 204 g/mol. The molecule has 1 heterocycles. The third-order valence-electron chi connectivity index (χ3n) is 2.01. The van der Waals surface area contributed by atoms with Crippen molar-refractivity contribution in [1.29, 1.82) is 5.26 Å². The fourth-order valence-corrected chi connectivity index (χ4v) is 1.35. The van der Waals surface area contributed by atoms with Crippen molar-refractivity contribution in [3.05, 3.63) is 23.8 Å². The molecule has 1 aliphatic heterocycles. The SMILES string of the molecule is N#CCC#Cc1ccc2c(c1)NC(=O)CO2. The van der Waals surface area contributed by atoms with Crippen molar-refractivity contribution in [1.82, 2.24) is 0 Å². The minimum Gasteiger partial charge on any atom is -0.482 e. The Kier molecular flexibility index (Phi) is 2.75. The molecule has 1 aromatic carbocycles. The van der Waals surface area contributed by atoms with Gasteiger partial charge in [0.15, 0.2) is 6.61 Å². The molecule has 0 saturated heterocycles. The first-order valence-corrected chi connectivity index (χ1v) is 4.72. The van der Waals surface area contributed by atoms with Crippen LogP contribution in [0.3, 0.4) is 0 Å². The largest absolute Gasteiger partial charge is 0.482 e. The zero-order valence-corrected chi connectivity index (χ0v) is 8.41. The van der Waals surface area contributed by atoms with Gasteiger partial charge in [0.2, 0.25) is 0 Å². The number of nitrogens with one attached hydrogen (secondary N) is 1. The number of benzene rings is 1. The molecule has 1 aromatic rings. The molecule has 0 atom stereocenters. The smallest absolute Gasteiger partial charge is 0.262 e. The van der Waals surface area contributed by atoms with E-state index < -0.39 is 0 Å². The van der Waals surface area contributed by atoms with Crippen molar-refractivity contribution >= 4 is 11.6 Å². The third kappa shape index (κ3) is 2.13. The molecule has 0 fully saturated rings. The van der Waals surface area contributed by atoms with E-state index in [2.05, 4.69) is 17.2 Å². The van der Waals surface area contributed by atoms with Gasteiger partial charge >= 0.3 is 0 Å². The summed E-state index contributed by atoms with van der Waals surface area (Å²) in [7, 11) is 0. The van der Waals surface area contributed by atoms with Gasteiger partial charge in [0.05, 0.1) is 18.2 Å². The first kappa shape index (κ1) is 10.1. The highest BCUT2D eigenvalue weighted by Gasteiger charge is 2.15. The average molecular weight is 212 g/mol. The van der Waals surface area contributed by atoms with Gasteiger partial charge < -0.3 is 10.1 Å². The van der Waals surface area contributed by atoms with Gasteiger partial charge in [-0.2, -0.15) is 5.26 Å². The van der Waals surface area contributed by atoms with E-state index in [-0.39, 0.29) is 18.9 Å². The maximum absolute atomic E-state index is 11.1. The number of carbonyl (C=O) groups is 1. The van der Waals surface area contributed by atoms with Crippen LogP contribution >= 0.6 is 0 Å². The van der Waals surface area contributed by atoms with Crippen LogP contribution in [0.2, 0.25) is 0 Å². The van der Waals surface area contributed by atoms with Crippen molar-refractivity contribution < 1.29 is 9.53 Å². The summed E-state index contributed by atoms with van der Waals surface area (Å²) < 4.78 is 5.20. The van der Waals surface area contributed by atoms with E-state index in [1.54, 1.807) is 18.2 Å². The van der Waals surface area contributed by atoms with Crippen LogP contribution in [0.25, 0.3) is 0 Å². The predicted octanol–water partition coefficient (Wildman–Crippen LogP) is 1.28. The lowest BCUT2D eigenvalue weighted by Gasteiger charge is -2.17. The van der Waals surface area contributed by atoms with Crippen molar-refractivity contribution in [2.45, 2.75) is 6.42 Å². The van der Waals surface area contributed by atoms with Gasteiger partial charge in [-0.25, -0.2) is 0 Å². The maximum atomic E-state index is 11.1. The summed E-state index contributed by atoms with van der Waals surface area (Å²) in [4.78, 5) is 11.1. The standard InChI is InChI=1S/C12H8N2O2/c13-6-2-1-3-9-4-5-11-10(7-9)14-12(15)8-16-11/h4-5,7H,2,8H2,(H,14,15). The molecule has 0 aromatic heterocycles. The molecule has 1 N–H and O–H groups in total. The lowest BCUT2D eigenvalue weighted by atomic mass is 10.1. The second-order valence-electron chi connectivity index (χ2n) is 3.18. The topological polar surface area (TPSA) is 62.1 Å². The normalized spacial score (nSPS) is 12.3. The van der Waals surface area contributed by atoms with Gasteiger partial charge in [-0.3, -0.25) is 4.79 Å². The van der Waals surface area contributed by atoms with Crippen molar-refractivity contribution in [3.63, 3.8) is 0 Å². The number of amides is 1. The fourth-order valence-electron chi connectivity index (χ4n) is 1.35. The van der Waals surface area contributed by atoms with Gasteiger partial charge in [-0.1, -0.05) is 11.8 Å². The Bertz CT molecular complexity index is 532. The lowest BCUT2D eigenvalue weighted by Crippen LogP contribution is -2.25.